The summed E-state index contributed by atoms with van der Waals surface area (Å²) in [5.74, 6) is 2.44. The molecule has 0 saturated heterocycles. The molecule has 174 valence electrons. The number of ether oxygens (including phenoxy) is 1. The van der Waals surface area contributed by atoms with Gasteiger partial charge >= 0.3 is 0 Å². The lowest BCUT2D eigenvalue weighted by molar-refractivity contribution is -0.126. The van der Waals surface area contributed by atoms with E-state index in [0.29, 0.717) is 18.3 Å². The molecule has 2 unspecified atom stereocenters. The van der Waals surface area contributed by atoms with E-state index >= 15 is 0 Å². The number of amides is 1. The summed E-state index contributed by atoms with van der Waals surface area (Å²) in [5, 5.41) is 9.93. The first kappa shape index (κ1) is 25.7. The molecule has 8 heteroatoms. The van der Waals surface area contributed by atoms with Gasteiger partial charge in [-0.15, -0.1) is 24.0 Å². The highest BCUT2D eigenvalue weighted by Crippen LogP contribution is 2.29. The minimum absolute atomic E-state index is 0. The first-order valence-corrected chi connectivity index (χ1v) is 11.5. The zero-order chi connectivity index (χ0) is 21.3. The third-order valence-electron chi connectivity index (χ3n) is 5.54. The Labute approximate surface area is 203 Å². The third-order valence-corrected chi connectivity index (χ3v) is 5.54. The zero-order valence-corrected chi connectivity index (χ0v) is 21.4. The molecule has 0 radical (unpaired) electrons. The van der Waals surface area contributed by atoms with E-state index < -0.39 is 0 Å². The molecule has 3 rings (SSSR count). The van der Waals surface area contributed by atoms with Crippen molar-refractivity contribution < 1.29 is 9.53 Å². The highest BCUT2D eigenvalue weighted by molar-refractivity contribution is 14.0. The number of nitrogens with one attached hydrogen (secondary N) is 3. The average Bonchev–Trinajstić information content (AvgIpc) is 3.55. The van der Waals surface area contributed by atoms with Gasteiger partial charge in [0.1, 0.15) is 0 Å². The lowest BCUT2D eigenvalue weighted by Gasteiger charge is -2.30. The van der Waals surface area contributed by atoms with Crippen molar-refractivity contribution in [2.45, 2.75) is 77.9 Å². The molecule has 0 bridgehead atoms. The number of hydrogen-bond donors (Lipinski definition) is 3. The summed E-state index contributed by atoms with van der Waals surface area (Å²) in [5.41, 5.74) is 1.07. The molecule has 2 aliphatic rings. The second-order valence-electron chi connectivity index (χ2n) is 8.82. The van der Waals surface area contributed by atoms with Gasteiger partial charge in [-0.05, 0) is 70.4 Å². The van der Waals surface area contributed by atoms with E-state index in [4.69, 9.17) is 9.73 Å². The van der Waals surface area contributed by atoms with Crippen LogP contribution in [0.5, 0.6) is 5.88 Å². The van der Waals surface area contributed by atoms with Gasteiger partial charge in [-0.25, -0.2) is 9.98 Å². The monoisotopic (exact) mass is 543 g/mol. The van der Waals surface area contributed by atoms with Gasteiger partial charge in [0.2, 0.25) is 11.8 Å². The number of nitrogens with zero attached hydrogens (tertiary/aromatic N) is 2. The van der Waals surface area contributed by atoms with Gasteiger partial charge in [0.15, 0.2) is 5.96 Å². The van der Waals surface area contributed by atoms with Crippen LogP contribution in [0.2, 0.25) is 0 Å². The van der Waals surface area contributed by atoms with Crippen molar-refractivity contribution >= 4 is 35.8 Å². The molecule has 1 aromatic rings. The van der Waals surface area contributed by atoms with Crippen LogP contribution in [-0.2, 0) is 11.3 Å². The summed E-state index contributed by atoms with van der Waals surface area (Å²) in [4.78, 5) is 21.5. The van der Waals surface area contributed by atoms with Crippen LogP contribution in [0, 0.1) is 11.8 Å². The van der Waals surface area contributed by atoms with Crippen LogP contribution in [0.3, 0.4) is 0 Å². The average molecular weight is 543 g/mol. The summed E-state index contributed by atoms with van der Waals surface area (Å²) in [6.07, 6.45) is 8.24. The molecule has 2 atom stereocenters. The maximum Gasteiger partial charge on any atom is 0.223 e. The van der Waals surface area contributed by atoms with Crippen molar-refractivity contribution in [2.24, 2.45) is 16.8 Å². The van der Waals surface area contributed by atoms with Crippen molar-refractivity contribution in [2.75, 3.05) is 13.2 Å². The Kier molecular flexibility index (Phi) is 10.8. The fraction of sp³-hybridized carbons (Fsp3) is 0.696. The van der Waals surface area contributed by atoms with Gasteiger partial charge in [0, 0.05) is 36.8 Å². The van der Waals surface area contributed by atoms with Crippen LogP contribution in [0.15, 0.2) is 23.3 Å². The van der Waals surface area contributed by atoms with Crippen molar-refractivity contribution in [3.8, 4) is 5.88 Å². The molecule has 0 aromatic carbocycles. The van der Waals surface area contributed by atoms with Crippen molar-refractivity contribution in [1.82, 2.24) is 20.9 Å². The Balaban J connectivity index is 0.00000341. The zero-order valence-electron chi connectivity index (χ0n) is 19.0. The van der Waals surface area contributed by atoms with Crippen LogP contribution in [-0.4, -0.2) is 42.1 Å². The molecule has 1 aromatic heterocycles. The van der Waals surface area contributed by atoms with Crippen LogP contribution >= 0.6 is 24.0 Å². The number of guanidine groups is 1. The topological polar surface area (TPSA) is 87.6 Å². The first-order valence-electron chi connectivity index (χ1n) is 11.5. The second-order valence-corrected chi connectivity index (χ2v) is 8.82. The Morgan fingerprint density at radius 1 is 1.29 bits per heavy atom. The van der Waals surface area contributed by atoms with E-state index in [-0.39, 0.29) is 47.9 Å². The summed E-state index contributed by atoms with van der Waals surface area (Å²) in [7, 11) is 0. The van der Waals surface area contributed by atoms with E-state index in [1.807, 2.05) is 26.0 Å². The molecule has 0 aliphatic heterocycles. The van der Waals surface area contributed by atoms with Crippen molar-refractivity contribution in [3.05, 3.63) is 23.9 Å². The Hall–Kier alpha value is -1.58. The van der Waals surface area contributed by atoms with E-state index in [1.54, 1.807) is 6.20 Å². The maximum atomic E-state index is 12.4. The van der Waals surface area contributed by atoms with Crippen molar-refractivity contribution in [3.63, 3.8) is 0 Å². The minimum atomic E-state index is 0. The molecule has 2 saturated carbocycles. The molecule has 31 heavy (non-hydrogen) atoms. The van der Waals surface area contributed by atoms with Gasteiger partial charge in [0.25, 0.3) is 0 Å². The lowest BCUT2D eigenvalue weighted by Crippen LogP contribution is -2.47. The molecule has 1 heterocycles. The van der Waals surface area contributed by atoms with E-state index in [2.05, 4.69) is 27.9 Å². The normalized spacial score (nSPS) is 21.2. The number of carbonyl (C=O) groups is 1. The molecule has 3 N–H and O–H groups in total. The number of aliphatic imine (C=N–C) groups is 1. The second kappa shape index (κ2) is 13.1. The lowest BCUT2D eigenvalue weighted by atomic mass is 9.85. The van der Waals surface area contributed by atoms with Crippen LogP contribution < -0.4 is 20.7 Å². The Morgan fingerprint density at radius 2 is 2.10 bits per heavy atom. The molecular formula is C23H38IN5O2. The van der Waals surface area contributed by atoms with Gasteiger partial charge in [-0.2, -0.15) is 0 Å². The molecule has 1 amide bonds. The number of rotatable bonds is 9. The predicted molar refractivity (Wildman–Crippen MR) is 135 cm³/mol. The summed E-state index contributed by atoms with van der Waals surface area (Å²) in [6, 6.07) is 4.39. The maximum absolute atomic E-state index is 12.4. The van der Waals surface area contributed by atoms with E-state index in [0.717, 1.165) is 50.4 Å². The van der Waals surface area contributed by atoms with Crippen LogP contribution in [0.1, 0.15) is 64.9 Å². The molecule has 0 spiro atoms. The largest absolute Gasteiger partial charge is 0.477 e. The molecule has 7 nitrogen and oxygen atoms in total. The van der Waals surface area contributed by atoms with Gasteiger partial charge in [-0.3, -0.25) is 4.79 Å². The predicted octanol–water partition coefficient (Wildman–Crippen LogP) is 3.63. The number of aromatic nitrogens is 1. The SMILES string of the molecule is CCNC(=NCc1ccnc(OCC2CC2)c1)NC1CCCC(C(=O)NC(C)C)C1.I. The summed E-state index contributed by atoms with van der Waals surface area (Å²) >= 11 is 0. The van der Waals surface area contributed by atoms with Gasteiger partial charge in [0.05, 0.1) is 13.2 Å². The molecule has 2 aliphatic carbocycles. The Bertz CT molecular complexity index is 724. The highest BCUT2D eigenvalue weighted by Gasteiger charge is 2.28. The third kappa shape index (κ3) is 9.21. The summed E-state index contributed by atoms with van der Waals surface area (Å²) < 4.78 is 5.78. The van der Waals surface area contributed by atoms with E-state index in [1.165, 1.54) is 12.8 Å². The smallest absolute Gasteiger partial charge is 0.223 e. The number of pyridine rings is 1. The minimum Gasteiger partial charge on any atom is -0.477 e. The molecule has 2 fully saturated rings. The number of hydrogen-bond acceptors (Lipinski definition) is 4. The van der Waals surface area contributed by atoms with Gasteiger partial charge < -0.3 is 20.7 Å². The van der Waals surface area contributed by atoms with E-state index in [9.17, 15) is 4.79 Å². The number of halogens is 1. The highest BCUT2D eigenvalue weighted by atomic mass is 127. The number of carbonyl (C=O) groups excluding carboxylic acids is 1. The quantitative estimate of drug-likeness (QED) is 0.252. The van der Waals surface area contributed by atoms with Crippen LogP contribution in [0.25, 0.3) is 0 Å². The standard InChI is InChI=1S/C23H37N5O2.HI/c1-4-24-23(28-20-7-5-6-19(13-20)22(29)27-16(2)3)26-14-18-10-11-25-21(12-18)30-15-17-8-9-17;/h10-12,16-17,19-20H,4-9,13-15H2,1-3H3,(H,27,29)(H2,24,26,28);1H. The van der Waals surface area contributed by atoms with Crippen LogP contribution in [0.4, 0.5) is 0 Å². The molecular weight excluding hydrogens is 505 g/mol. The summed E-state index contributed by atoms with van der Waals surface area (Å²) in [6.45, 7) is 8.19. The van der Waals surface area contributed by atoms with Gasteiger partial charge in [-0.1, -0.05) is 6.42 Å². The fourth-order valence-corrected chi connectivity index (χ4v) is 3.76. The fourth-order valence-electron chi connectivity index (χ4n) is 3.76. The first-order chi connectivity index (χ1) is 14.5. The van der Waals surface area contributed by atoms with Crippen molar-refractivity contribution in [1.29, 1.82) is 0 Å². The Morgan fingerprint density at radius 3 is 2.81 bits per heavy atom.